The van der Waals surface area contributed by atoms with E-state index in [9.17, 15) is 4.79 Å². The zero-order valence-electron chi connectivity index (χ0n) is 22.3. The highest BCUT2D eigenvalue weighted by Crippen LogP contribution is 2.30. The highest BCUT2D eigenvalue weighted by atomic mass is 16.5. The Balaban J connectivity index is 1.15. The number of carbonyl (C=O) groups is 1. The van der Waals surface area contributed by atoms with Gasteiger partial charge in [0.1, 0.15) is 6.07 Å². The summed E-state index contributed by atoms with van der Waals surface area (Å²) in [6.07, 6.45) is 1.86. The molecule has 2 fully saturated rings. The summed E-state index contributed by atoms with van der Waals surface area (Å²) >= 11 is 0. The number of para-hydroxylation sites is 1. The Kier molecular flexibility index (Phi) is 7.53. The lowest BCUT2D eigenvalue weighted by Gasteiger charge is -2.35. The van der Waals surface area contributed by atoms with Gasteiger partial charge in [0, 0.05) is 73.5 Å². The van der Waals surface area contributed by atoms with Crippen LogP contribution in [-0.4, -0.2) is 79.7 Å². The third-order valence-corrected chi connectivity index (χ3v) is 7.52. The van der Waals surface area contributed by atoms with Crippen molar-refractivity contribution in [2.75, 3.05) is 74.1 Å². The lowest BCUT2D eigenvalue weighted by atomic mass is 10.0. The zero-order chi connectivity index (χ0) is 27.3. The molecule has 3 aromatic carbocycles. The number of morpholine rings is 1. The van der Waals surface area contributed by atoms with Gasteiger partial charge in [0.25, 0.3) is 0 Å². The predicted molar refractivity (Wildman–Crippen MR) is 157 cm³/mol. The van der Waals surface area contributed by atoms with E-state index in [2.05, 4.69) is 62.6 Å². The van der Waals surface area contributed by atoms with Crippen molar-refractivity contribution >= 4 is 39.7 Å². The summed E-state index contributed by atoms with van der Waals surface area (Å²) in [4.78, 5) is 27.5. The Labute approximate surface area is 233 Å². The highest BCUT2D eigenvalue weighted by molar-refractivity contribution is 5.95. The standard InChI is InChI=1S/C31H31N7O2/c32-20-28(39)22-36-12-14-37(15-13-36)27-10-6-25(7-11-27)34-31-33-21-24-2-1-3-29(30(24)35-31)23-4-8-26(9-5-23)38-16-18-40-19-17-38/h1-11,21H,12-19,22H2,(H,33,34,35). The van der Waals surface area contributed by atoms with Crippen molar-refractivity contribution in [2.24, 2.45) is 0 Å². The number of carbonyl (C=O) groups excluding carboxylic acids is 1. The van der Waals surface area contributed by atoms with Gasteiger partial charge in [-0.25, -0.2) is 9.97 Å². The van der Waals surface area contributed by atoms with Crippen LogP contribution in [0.15, 0.2) is 72.9 Å². The molecule has 202 valence electrons. The van der Waals surface area contributed by atoms with Crippen LogP contribution in [0.4, 0.5) is 23.0 Å². The fourth-order valence-electron chi connectivity index (χ4n) is 5.31. The van der Waals surface area contributed by atoms with Crippen LogP contribution in [-0.2, 0) is 9.53 Å². The number of ether oxygens (including phenoxy) is 1. The largest absolute Gasteiger partial charge is 0.378 e. The van der Waals surface area contributed by atoms with Gasteiger partial charge in [-0.3, -0.25) is 9.69 Å². The second-order valence-electron chi connectivity index (χ2n) is 10.1. The second-order valence-corrected chi connectivity index (χ2v) is 10.1. The Morgan fingerprint density at radius 3 is 2.25 bits per heavy atom. The lowest BCUT2D eigenvalue weighted by Crippen LogP contribution is -2.47. The molecular weight excluding hydrogens is 502 g/mol. The van der Waals surface area contributed by atoms with E-state index in [4.69, 9.17) is 15.0 Å². The number of hydrogen-bond donors (Lipinski definition) is 1. The molecule has 9 heteroatoms. The van der Waals surface area contributed by atoms with E-state index < -0.39 is 0 Å². The number of ketones is 1. The molecule has 1 N–H and O–H groups in total. The summed E-state index contributed by atoms with van der Waals surface area (Å²) in [7, 11) is 0. The molecule has 4 aromatic rings. The average molecular weight is 534 g/mol. The Morgan fingerprint density at radius 1 is 0.875 bits per heavy atom. The van der Waals surface area contributed by atoms with Crippen molar-refractivity contribution in [3.8, 4) is 17.2 Å². The van der Waals surface area contributed by atoms with Crippen molar-refractivity contribution < 1.29 is 9.53 Å². The van der Waals surface area contributed by atoms with E-state index >= 15 is 0 Å². The third kappa shape index (κ3) is 5.73. The number of nitriles is 1. The number of aromatic nitrogens is 2. The maximum Gasteiger partial charge on any atom is 0.245 e. The molecule has 6 rings (SSSR count). The van der Waals surface area contributed by atoms with Crippen LogP contribution in [0.3, 0.4) is 0 Å². The Hall–Kier alpha value is -4.52. The van der Waals surface area contributed by atoms with Crippen LogP contribution >= 0.6 is 0 Å². The molecule has 0 aliphatic carbocycles. The first kappa shape index (κ1) is 25.7. The third-order valence-electron chi connectivity index (χ3n) is 7.52. The molecule has 0 bridgehead atoms. The van der Waals surface area contributed by atoms with Crippen LogP contribution in [0.25, 0.3) is 22.0 Å². The maximum absolute atomic E-state index is 11.4. The van der Waals surface area contributed by atoms with Gasteiger partial charge in [-0.1, -0.05) is 30.3 Å². The van der Waals surface area contributed by atoms with E-state index in [1.807, 2.05) is 35.4 Å². The van der Waals surface area contributed by atoms with E-state index in [-0.39, 0.29) is 12.3 Å². The van der Waals surface area contributed by atoms with Crippen molar-refractivity contribution in [2.45, 2.75) is 0 Å². The fraction of sp³-hybridized carbons (Fsp3) is 0.290. The maximum atomic E-state index is 11.4. The minimum absolute atomic E-state index is 0.209. The van der Waals surface area contributed by atoms with Crippen LogP contribution < -0.4 is 15.1 Å². The Bertz CT molecular complexity index is 1520. The number of hydrogen-bond acceptors (Lipinski definition) is 9. The van der Waals surface area contributed by atoms with Crippen molar-refractivity contribution in [3.05, 3.63) is 72.9 Å². The van der Waals surface area contributed by atoms with Crippen LogP contribution in [0, 0.1) is 11.3 Å². The summed E-state index contributed by atoms with van der Waals surface area (Å²) in [6, 6.07) is 24.8. The number of fused-ring (bicyclic) bond motifs is 1. The summed E-state index contributed by atoms with van der Waals surface area (Å²) in [5, 5.41) is 13.1. The minimum atomic E-state index is -0.381. The number of piperazine rings is 1. The van der Waals surface area contributed by atoms with Gasteiger partial charge in [0.15, 0.2) is 0 Å². The van der Waals surface area contributed by atoms with Crippen LogP contribution in [0.2, 0.25) is 0 Å². The smallest absolute Gasteiger partial charge is 0.245 e. The number of anilines is 4. The SMILES string of the molecule is N#CC(=O)CN1CCN(c2ccc(Nc3ncc4cccc(-c5ccc(N6CCOCC6)cc5)c4n3)cc2)CC1. The van der Waals surface area contributed by atoms with Gasteiger partial charge in [-0.2, -0.15) is 5.26 Å². The highest BCUT2D eigenvalue weighted by Gasteiger charge is 2.19. The van der Waals surface area contributed by atoms with Gasteiger partial charge in [0.2, 0.25) is 11.7 Å². The quantitative estimate of drug-likeness (QED) is 0.352. The molecule has 0 atom stereocenters. The molecule has 0 amide bonds. The molecular formula is C31H31N7O2. The minimum Gasteiger partial charge on any atom is -0.378 e. The number of nitrogens with one attached hydrogen (secondary N) is 1. The van der Waals surface area contributed by atoms with E-state index in [0.29, 0.717) is 5.95 Å². The molecule has 2 aliphatic heterocycles. The first-order valence-electron chi connectivity index (χ1n) is 13.6. The Morgan fingerprint density at radius 2 is 1.55 bits per heavy atom. The molecule has 40 heavy (non-hydrogen) atoms. The number of Topliss-reactive ketones (excluding diaryl/α,β-unsaturated/α-hetero) is 1. The van der Waals surface area contributed by atoms with Gasteiger partial charge in [-0.15, -0.1) is 0 Å². The molecule has 0 radical (unpaired) electrons. The van der Waals surface area contributed by atoms with E-state index in [1.165, 1.54) is 5.69 Å². The normalized spacial score (nSPS) is 16.1. The first-order chi connectivity index (χ1) is 19.7. The average Bonchev–Trinajstić information content (AvgIpc) is 3.02. The van der Waals surface area contributed by atoms with Gasteiger partial charge < -0.3 is 19.9 Å². The molecule has 9 nitrogen and oxygen atoms in total. The second kappa shape index (κ2) is 11.7. The summed E-state index contributed by atoms with van der Waals surface area (Å²) in [5.41, 5.74) is 6.34. The van der Waals surface area contributed by atoms with Crippen LogP contribution in [0.5, 0.6) is 0 Å². The lowest BCUT2D eigenvalue weighted by molar-refractivity contribution is -0.115. The van der Waals surface area contributed by atoms with Crippen molar-refractivity contribution in [1.82, 2.24) is 14.9 Å². The van der Waals surface area contributed by atoms with Crippen molar-refractivity contribution in [1.29, 1.82) is 5.26 Å². The summed E-state index contributed by atoms with van der Waals surface area (Å²) in [6.45, 7) is 6.73. The molecule has 2 aliphatic rings. The fourth-order valence-corrected chi connectivity index (χ4v) is 5.31. The van der Waals surface area contributed by atoms with Gasteiger partial charge in [0.05, 0.1) is 25.3 Å². The van der Waals surface area contributed by atoms with E-state index in [1.54, 1.807) is 6.07 Å². The molecule has 0 unspecified atom stereocenters. The molecule has 1 aromatic heterocycles. The predicted octanol–water partition coefficient (Wildman–Crippen LogP) is 4.09. The molecule has 3 heterocycles. The number of nitrogens with zero attached hydrogens (tertiary/aromatic N) is 6. The van der Waals surface area contributed by atoms with Crippen molar-refractivity contribution in [3.63, 3.8) is 0 Å². The monoisotopic (exact) mass is 533 g/mol. The number of benzene rings is 3. The van der Waals surface area contributed by atoms with Gasteiger partial charge in [-0.05, 0) is 42.0 Å². The molecule has 0 spiro atoms. The van der Waals surface area contributed by atoms with Gasteiger partial charge >= 0.3 is 0 Å². The molecule has 2 saturated heterocycles. The summed E-state index contributed by atoms with van der Waals surface area (Å²) < 4.78 is 5.48. The zero-order valence-corrected chi connectivity index (χ0v) is 22.3. The first-order valence-corrected chi connectivity index (χ1v) is 13.6. The van der Waals surface area contributed by atoms with E-state index in [0.717, 1.165) is 85.9 Å². The topological polar surface area (TPSA) is 97.6 Å². The number of rotatable bonds is 7. The molecule has 0 saturated carbocycles. The summed E-state index contributed by atoms with van der Waals surface area (Å²) in [5.74, 6) is 0.169. The van der Waals surface area contributed by atoms with Crippen LogP contribution in [0.1, 0.15) is 0 Å².